The van der Waals surface area contributed by atoms with Crippen molar-refractivity contribution in [1.82, 2.24) is 10.6 Å². The second kappa shape index (κ2) is 5.96. The summed E-state index contributed by atoms with van der Waals surface area (Å²) in [4.78, 5) is 12.2. The van der Waals surface area contributed by atoms with Crippen LogP contribution in [0.4, 0.5) is 0 Å². The zero-order valence-corrected chi connectivity index (χ0v) is 12.2. The summed E-state index contributed by atoms with van der Waals surface area (Å²) in [7, 11) is 0. The van der Waals surface area contributed by atoms with Crippen molar-refractivity contribution in [3.63, 3.8) is 0 Å². The summed E-state index contributed by atoms with van der Waals surface area (Å²) in [6.45, 7) is 5.06. The Morgan fingerprint density at radius 2 is 2.25 bits per heavy atom. The van der Waals surface area contributed by atoms with Crippen LogP contribution in [0.3, 0.4) is 0 Å². The molecule has 0 bridgehead atoms. The molecule has 0 spiro atoms. The van der Waals surface area contributed by atoms with Gasteiger partial charge in [-0.05, 0) is 60.9 Å². The van der Waals surface area contributed by atoms with Crippen LogP contribution in [0.5, 0.6) is 0 Å². The fourth-order valence-electron chi connectivity index (χ4n) is 3.47. The topological polar surface area (TPSA) is 41.1 Å². The van der Waals surface area contributed by atoms with E-state index < -0.39 is 0 Å². The van der Waals surface area contributed by atoms with Crippen molar-refractivity contribution in [3.05, 3.63) is 34.9 Å². The number of hydrogen-bond donors (Lipinski definition) is 2. The molecule has 1 amide bonds. The first-order valence-electron chi connectivity index (χ1n) is 7.83. The minimum atomic E-state index is 0.0814. The summed E-state index contributed by atoms with van der Waals surface area (Å²) < 4.78 is 0. The van der Waals surface area contributed by atoms with E-state index in [1.807, 2.05) is 12.1 Å². The van der Waals surface area contributed by atoms with Gasteiger partial charge in [0.1, 0.15) is 0 Å². The summed E-state index contributed by atoms with van der Waals surface area (Å²) in [6, 6.07) is 6.13. The maximum absolute atomic E-state index is 12.2. The molecule has 1 fully saturated rings. The van der Waals surface area contributed by atoms with E-state index in [0.29, 0.717) is 5.92 Å². The lowest BCUT2D eigenvalue weighted by molar-refractivity contribution is 0.0947. The van der Waals surface area contributed by atoms with E-state index >= 15 is 0 Å². The molecule has 3 rings (SSSR count). The summed E-state index contributed by atoms with van der Waals surface area (Å²) in [5, 5.41) is 6.47. The van der Waals surface area contributed by atoms with Gasteiger partial charge in [-0.3, -0.25) is 4.79 Å². The van der Waals surface area contributed by atoms with Gasteiger partial charge in [0.25, 0.3) is 5.91 Å². The van der Waals surface area contributed by atoms with Crippen LogP contribution in [0.2, 0.25) is 0 Å². The zero-order valence-electron chi connectivity index (χ0n) is 12.2. The van der Waals surface area contributed by atoms with Crippen LogP contribution in [0, 0.1) is 11.8 Å². The Balaban J connectivity index is 1.59. The first-order chi connectivity index (χ1) is 9.72. The smallest absolute Gasteiger partial charge is 0.251 e. The van der Waals surface area contributed by atoms with Crippen LogP contribution in [0.1, 0.15) is 47.7 Å². The Hall–Kier alpha value is -1.35. The highest BCUT2D eigenvalue weighted by Gasteiger charge is 2.22. The normalized spacial score (nSPS) is 25.2. The van der Waals surface area contributed by atoms with Gasteiger partial charge in [-0.15, -0.1) is 0 Å². The highest BCUT2D eigenvalue weighted by molar-refractivity contribution is 5.94. The molecule has 1 aliphatic heterocycles. The molecule has 1 aliphatic carbocycles. The third-order valence-corrected chi connectivity index (χ3v) is 4.71. The fraction of sp³-hybridized carbons (Fsp3) is 0.588. The number of fused-ring (bicyclic) bond motifs is 1. The molecule has 1 aromatic rings. The highest BCUT2D eigenvalue weighted by Crippen LogP contribution is 2.29. The molecule has 2 unspecified atom stereocenters. The average Bonchev–Trinajstić information content (AvgIpc) is 2.90. The molecule has 3 nitrogen and oxygen atoms in total. The van der Waals surface area contributed by atoms with Gasteiger partial charge in [0.2, 0.25) is 0 Å². The van der Waals surface area contributed by atoms with E-state index in [1.54, 1.807) is 0 Å². The lowest BCUT2D eigenvalue weighted by atomic mass is 9.98. The molecule has 2 aliphatic rings. The van der Waals surface area contributed by atoms with E-state index in [2.05, 4.69) is 23.6 Å². The molecule has 1 aromatic carbocycles. The number of carbonyl (C=O) groups is 1. The van der Waals surface area contributed by atoms with Gasteiger partial charge in [0.05, 0.1) is 0 Å². The third kappa shape index (κ3) is 3.04. The number of amides is 1. The van der Waals surface area contributed by atoms with E-state index in [9.17, 15) is 4.79 Å². The Kier molecular flexibility index (Phi) is 4.06. The molecule has 2 N–H and O–H groups in total. The monoisotopic (exact) mass is 272 g/mol. The highest BCUT2D eigenvalue weighted by atomic mass is 16.1. The van der Waals surface area contributed by atoms with Gasteiger partial charge >= 0.3 is 0 Å². The summed E-state index contributed by atoms with van der Waals surface area (Å²) in [6.07, 6.45) is 4.90. The summed E-state index contributed by atoms with van der Waals surface area (Å²) in [5.74, 6) is 1.58. The Morgan fingerprint density at radius 3 is 3.05 bits per heavy atom. The maximum atomic E-state index is 12.2. The van der Waals surface area contributed by atoms with Crippen molar-refractivity contribution < 1.29 is 4.79 Å². The van der Waals surface area contributed by atoms with E-state index in [-0.39, 0.29) is 5.91 Å². The van der Waals surface area contributed by atoms with Gasteiger partial charge in [-0.2, -0.15) is 0 Å². The minimum absolute atomic E-state index is 0.0814. The van der Waals surface area contributed by atoms with E-state index in [4.69, 9.17) is 0 Å². The van der Waals surface area contributed by atoms with Crippen molar-refractivity contribution in [2.75, 3.05) is 13.1 Å². The Morgan fingerprint density at radius 1 is 1.35 bits per heavy atom. The number of rotatable bonds is 3. The number of benzene rings is 1. The van der Waals surface area contributed by atoms with Crippen LogP contribution >= 0.6 is 0 Å². The van der Waals surface area contributed by atoms with Gasteiger partial charge in [0, 0.05) is 18.7 Å². The van der Waals surface area contributed by atoms with Crippen molar-refractivity contribution in [1.29, 1.82) is 0 Å². The largest absolute Gasteiger partial charge is 0.352 e. The standard InChI is InChI=1S/C17H24N2O/c1-12-2-3-13(8-12)10-19-17(20)15-5-4-14-6-7-18-11-16(14)9-15/h4-5,9,12-13,18H,2-3,6-8,10-11H2,1H3,(H,19,20). The summed E-state index contributed by atoms with van der Waals surface area (Å²) in [5.41, 5.74) is 3.46. The predicted octanol–water partition coefficient (Wildman–Crippen LogP) is 2.50. The van der Waals surface area contributed by atoms with Crippen molar-refractivity contribution in [3.8, 4) is 0 Å². The van der Waals surface area contributed by atoms with Crippen molar-refractivity contribution >= 4 is 5.91 Å². The fourth-order valence-corrected chi connectivity index (χ4v) is 3.47. The first-order valence-corrected chi connectivity index (χ1v) is 7.83. The Labute approximate surface area is 121 Å². The second-order valence-corrected chi connectivity index (χ2v) is 6.40. The zero-order chi connectivity index (χ0) is 13.9. The molecular weight excluding hydrogens is 248 g/mol. The molecule has 1 saturated carbocycles. The van der Waals surface area contributed by atoms with Crippen molar-refractivity contribution in [2.24, 2.45) is 11.8 Å². The van der Waals surface area contributed by atoms with Crippen LogP contribution < -0.4 is 10.6 Å². The Bertz CT molecular complexity index is 498. The third-order valence-electron chi connectivity index (χ3n) is 4.71. The van der Waals surface area contributed by atoms with Gasteiger partial charge in [-0.25, -0.2) is 0 Å². The minimum Gasteiger partial charge on any atom is -0.352 e. The summed E-state index contributed by atoms with van der Waals surface area (Å²) >= 11 is 0. The molecule has 3 heteroatoms. The van der Waals surface area contributed by atoms with Crippen LogP contribution in [-0.2, 0) is 13.0 Å². The predicted molar refractivity (Wildman–Crippen MR) is 80.7 cm³/mol. The molecule has 20 heavy (non-hydrogen) atoms. The van der Waals surface area contributed by atoms with Crippen LogP contribution in [0.25, 0.3) is 0 Å². The van der Waals surface area contributed by atoms with E-state index in [1.165, 1.54) is 30.4 Å². The second-order valence-electron chi connectivity index (χ2n) is 6.40. The quantitative estimate of drug-likeness (QED) is 0.887. The lowest BCUT2D eigenvalue weighted by Gasteiger charge is -2.18. The van der Waals surface area contributed by atoms with Crippen LogP contribution in [0.15, 0.2) is 18.2 Å². The molecule has 0 radical (unpaired) electrons. The van der Waals surface area contributed by atoms with Gasteiger partial charge in [-0.1, -0.05) is 19.4 Å². The average molecular weight is 272 g/mol. The van der Waals surface area contributed by atoms with Crippen molar-refractivity contribution in [2.45, 2.75) is 39.2 Å². The molecule has 1 heterocycles. The molecule has 2 atom stereocenters. The van der Waals surface area contributed by atoms with Gasteiger partial charge < -0.3 is 10.6 Å². The maximum Gasteiger partial charge on any atom is 0.251 e. The molecule has 108 valence electrons. The molecule has 0 saturated heterocycles. The number of hydrogen-bond acceptors (Lipinski definition) is 2. The van der Waals surface area contributed by atoms with Crippen LogP contribution in [-0.4, -0.2) is 19.0 Å². The first kappa shape index (κ1) is 13.6. The lowest BCUT2D eigenvalue weighted by Crippen LogP contribution is -2.29. The molecule has 0 aromatic heterocycles. The van der Waals surface area contributed by atoms with Gasteiger partial charge in [0.15, 0.2) is 0 Å². The number of carbonyl (C=O) groups excluding carboxylic acids is 1. The SMILES string of the molecule is CC1CCC(CNC(=O)c2ccc3c(c2)CNCC3)C1. The van der Waals surface area contributed by atoms with E-state index in [0.717, 1.165) is 37.5 Å². The number of nitrogens with one attached hydrogen (secondary N) is 2. The molecular formula is C17H24N2O.